The lowest BCUT2D eigenvalue weighted by Crippen LogP contribution is -2.09. The number of thioether (sulfide) groups is 1. The summed E-state index contributed by atoms with van der Waals surface area (Å²) in [6, 6.07) is 16.5. The van der Waals surface area contributed by atoms with Crippen molar-refractivity contribution in [3.63, 3.8) is 0 Å². The molecule has 24 heavy (non-hydrogen) atoms. The third-order valence-corrected chi connectivity index (χ3v) is 7.12. The number of nitrogens with zero attached hydrogens (tertiary/aromatic N) is 2. The fourth-order valence-electron chi connectivity index (χ4n) is 2.33. The van der Waals surface area contributed by atoms with E-state index in [0.717, 1.165) is 15.2 Å². The monoisotopic (exact) mass is 484 g/mol. The minimum Gasteiger partial charge on any atom is -0.323 e. The maximum Gasteiger partial charge on any atom is 0.106 e. The van der Waals surface area contributed by atoms with Crippen LogP contribution in [0.3, 0.4) is 0 Å². The molecule has 0 aliphatic carbocycles. The molecule has 2 atom stereocenters. The average Bonchev–Trinajstić information content (AvgIpc) is 3.12. The quantitative estimate of drug-likeness (QED) is 0.354. The van der Waals surface area contributed by atoms with Crippen LogP contribution in [0, 0.1) is 0 Å². The van der Waals surface area contributed by atoms with Gasteiger partial charge in [-0.15, -0.1) is 11.8 Å². The van der Waals surface area contributed by atoms with Gasteiger partial charge in [-0.1, -0.05) is 67.7 Å². The first kappa shape index (κ1) is 18.1. The van der Waals surface area contributed by atoms with Gasteiger partial charge in [-0.3, -0.25) is 0 Å². The van der Waals surface area contributed by atoms with Crippen molar-refractivity contribution in [3.8, 4) is 0 Å². The van der Waals surface area contributed by atoms with E-state index in [-0.39, 0.29) is 10.2 Å². The molecule has 0 saturated carbocycles. The Balaban J connectivity index is 1.81. The van der Waals surface area contributed by atoms with Gasteiger partial charge in [0.05, 0.1) is 11.6 Å². The van der Waals surface area contributed by atoms with Crippen LogP contribution in [-0.2, 0) is 5.75 Å². The van der Waals surface area contributed by atoms with Crippen LogP contribution in [0.5, 0.6) is 0 Å². The number of benzene rings is 2. The second-order valence-corrected chi connectivity index (χ2v) is 8.71. The molecular formula is C18H15Br2ClN2S. The Morgan fingerprint density at radius 3 is 2.42 bits per heavy atom. The summed E-state index contributed by atoms with van der Waals surface area (Å²) in [5, 5.41) is 1.02. The number of rotatable bonds is 6. The first-order valence-electron chi connectivity index (χ1n) is 7.36. The van der Waals surface area contributed by atoms with Crippen LogP contribution in [0.1, 0.15) is 21.3 Å². The fourth-order valence-corrected chi connectivity index (χ4v) is 4.93. The maximum atomic E-state index is 5.97. The smallest absolute Gasteiger partial charge is 0.106 e. The predicted molar refractivity (Wildman–Crippen MR) is 110 cm³/mol. The van der Waals surface area contributed by atoms with Crippen molar-refractivity contribution in [2.24, 2.45) is 0 Å². The Labute approximate surface area is 167 Å². The van der Waals surface area contributed by atoms with Crippen molar-refractivity contribution in [1.82, 2.24) is 9.55 Å². The van der Waals surface area contributed by atoms with Gasteiger partial charge in [-0.05, 0) is 35.4 Å². The number of aromatic nitrogens is 2. The second kappa shape index (κ2) is 8.56. The first-order chi connectivity index (χ1) is 11.6. The number of alkyl halides is 1. The summed E-state index contributed by atoms with van der Waals surface area (Å²) in [6.07, 6.45) is 5.62. The van der Waals surface area contributed by atoms with E-state index in [9.17, 15) is 0 Å². The highest BCUT2D eigenvalue weighted by atomic mass is 79.9. The summed E-state index contributed by atoms with van der Waals surface area (Å²) >= 11 is 15.2. The van der Waals surface area contributed by atoms with Gasteiger partial charge in [-0.2, -0.15) is 0 Å². The molecule has 0 bridgehead atoms. The van der Waals surface area contributed by atoms with Gasteiger partial charge < -0.3 is 4.57 Å². The van der Waals surface area contributed by atoms with Crippen LogP contribution >= 0.6 is 55.2 Å². The van der Waals surface area contributed by atoms with Crippen molar-refractivity contribution < 1.29 is 0 Å². The van der Waals surface area contributed by atoms with Crippen LogP contribution in [0.4, 0.5) is 0 Å². The van der Waals surface area contributed by atoms with Crippen molar-refractivity contribution in [3.05, 3.63) is 87.9 Å². The highest BCUT2D eigenvalue weighted by Gasteiger charge is 2.22. The standard InChI is InChI=1S/C18H15Br2ClN2S/c19-15-5-3-14(4-6-15)17(18(20)23-10-9-22-12-23)24-11-13-1-7-16(21)8-2-13/h1-10,12,17-18H,11H2. The average molecular weight is 487 g/mol. The Hall–Kier alpha value is -0.750. The summed E-state index contributed by atoms with van der Waals surface area (Å²) < 4.78 is 3.17. The van der Waals surface area contributed by atoms with Crippen molar-refractivity contribution in [2.75, 3.05) is 0 Å². The van der Waals surface area contributed by atoms with Gasteiger partial charge in [0.15, 0.2) is 0 Å². The van der Waals surface area contributed by atoms with E-state index in [4.69, 9.17) is 11.6 Å². The van der Waals surface area contributed by atoms with Gasteiger partial charge in [0, 0.05) is 27.6 Å². The summed E-state index contributed by atoms with van der Waals surface area (Å²) in [4.78, 5) is 4.29. The summed E-state index contributed by atoms with van der Waals surface area (Å²) in [5.41, 5.74) is 2.53. The Bertz CT molecular complexity index is 761. The van der Waals surface area contributed by atoms with Crippen LogP contribution in [0.25, 0.3) is 0 Å². The molecule has 0 fully saturated rings. The van der Waals surface area contributed by atoms with E-state index < -0.39 is 0 Å². The highest BCUT2D eigenvalue weighted by molar-refractivity contribution is 9.10. The van der Waals surface area contributed by atoms with E-state index in [0.29, 0.717) is 0 Å². The van der Waals surface area contributed by atoms with Crippen molar-refractivity contribution in [2.45, 2.75) is 16.0 Å². The van der Waals surface area contributed by atoms with Crippen molar-refractivity contribution in [1.29, 1.82) is 0 Å². The normalized spacial score (nSPS) is 13.6. The molecule has 0 spiro atoms. The molecule has 0 saturated heterocycles. The van der Waals surface area contributed by atoms with Crippen LogP contribution in [-0.4, -0.2) is 9.55 Å². The molecule has 0 radical (unpaired) electrons. The molecule has 2 unspecified atom stereocenters. The van der Waals surface area contributed by atoms with Crippen LogP contribution in [0.2, 0.25) is 5.02 Å². The molecular weight excluding hydrogens is 472 g/mol. The molecule has 0 aliphatic heterocycles. The van der Waals surface area contributed by atoms with Crippen LogP contribution in [0.15, 0.2) is 71.7 Å². The van der Waals surface area contributed by atoms with Gasteiger partial charge in [0.25, 0.3) is 0 Å². The molecule has 6 heteroatoms. The number of imidazole rings is 1. The lowest BCUT2D eigenvalue weighted by Gasteiger charge is -2.24. The zero-order valence-electron chi connectivity index (χ0n) is 12.6. The minimum atomic E-state index is 0.124. The Morgan fingerprint density at radius 1 is 1.08 bits per heavy atom. The molecule has 0 amide bonds. The zero-order valence-corrected chi connectivity index (χ0v) is 17.4. The number of hydrogen-bond acceptors (Lipinski definition) is 2. The van der Waals surface area contributed by atoms with E-state index >= 15 is 0 Å². The van der Waals surface area contributed by atoms with E-state index in [2.05, 4.69) is 77.8 Å². The summed E-state index contributed by atoms with van der Waals surface area (Å²) in [6.45, 7) is 0. The molecule has 3 rings (SSSR count). The lowest BCUT2D eigenvalue weighted by molar-refractivity contribution is 0.674. The van der Waals surface area contributed by atoms with E-state index in [1.807, 2.05) is 36.4 Å². The third-order valence-electron chi connectivity index (χ3n) is 3.60. The Kier molecular flexibility index (Phi) is 6.44. The largest absolute Gasteiger partial charge is 0.323 e. The topological polar surface area (TPSA) is 17.8 Å². The molecule has 1 aromatic heterocycles. The highest BCUT2D eigenvalue weighted by Crippen LogP contribution is 2.44. The fraction of sp³-hybridized carbons (Fsp3) is 0.167. The molecule has 2 aromatic carbocycles. The molecule has 0 aliphatic rings. The maximum absolute atomic E-state index is 5.97. The Morgan fingerprint density at radius 2 is 1.79 bits per heavy atom. The molecule has 124 valence electrons. The van der Waals surface area contributed by atoms with Crippen molar-refractivity contribution >= 4 is 55.2 Å². The van der Waals surface area contributed by atoms with Gasteiger partial charge in [0.2, 0.25) is 0 Å². The van der Waals surface area contributed by atoms with Gasteiger partial charge >= 0.3 is 0 Å². The minimum absolute atomic E-state index is 0.124. The third kappa shape index (κ3) is 4.66. The molecule has 0 N–H and O–H groups in total. The zero-order chi connectivity index (χ0) is 16.9. The lowest BCUT2D eigenvalue weighted by atomic mass is 10.1. The van der Waals surface area contributed by atoms with Gasteiger partial charge in [-0.25, -0.2) is 4.98 Å². The molecule has 1 heterocycles. The summed E-state index contributed by atoms with van der Waals surface area (Å²) in [7, 11) is 0. The predicted octanol–water partition coefficient (Wildman–Crippen LogP) is 6.87. The van der Waals surface area contributed by atoms with Crippen LogP contribution < -0.4 is 0 Å². The number of halogens is 3. The van der Waals surface area contributed by atoms with E-state index in [1.54, 1.807) is 6.20 Å². The summed E-state index contributed by atoms with van der Waals surface area (Å²) in [5.74, 6) is 0.911. The second-order valence-electron chi connectivity index (χ2n) is 5.29. The van der Waals surface area contributed by atoms with Gasteiger partial charge in [0.1, 0.15) is 4.95 Å². The van der Waals surface area contributed by atoms with E-state index in [1.165, 1.54) is 11.1 Å². The molecule has 2 nitrogen and oxygen atoms in total. The number of hydrogen-bond donors (Lipinski definition) is 0. The molecule has 3 aromatic rings. The SMILES string of the molecule is Clc1ccc(CSC(c2ccc(Br)cc2)C(Br)n2ccnc2)cc1. The first-order valence-corrected chi connectivity index (χ1v) is 10.5.